The molecule has 0 saturated carbocycles. The summed E-state index contributed by atoms with van der Waals surface area (Å²) in [7, 11) is 0. The Morgan fingerprint density at radius 1 is 0.619 bits per heavy atom. The summed E-state index contributed by atoms with van der Waals surface area (Å²) >= 11 is 0. The van der Waals surface area contributed by atoms with Gasteiger partial charge in [0.25, 0.3) is 0 Å². The van der Waals surface area contributed by atoms with Gasteiger partial charge in [-0.15, -0.1) is 0 Å². The molecule has 240 valence electrons. The number of aliphatic hydroxyl groups is 5. The van der Waals surface area contributed by atoms with E-state index in [0.717, 1.165) is 0 Å². The van der Waals surface area contributed by atoms with Crippen molar-refractivity contribution < 1.29 is 73.1 Å². The monoisotopic (exact) mass is 606 g/mol. The lowest BCUT2D eigenvalue weighted by Gasteiger charge is -2.34. The lowest BCUT2D eigenvalue weighted by atomic mass is 10.0. The van der Waals surface area contributed by atoms with Crippen LogP contribution in [0.1, 0.15) is 20.8 Å². The second kappa shape index (κ2) is 20.8. The molecule has 3 unspecified atom stereocenters. The smallest absolute Gasteiger partial charge is 0.333 e. The Hall–Kier alpha value is -3.02. The van der Waals surface area contributed by atoms with Crippen LogP contribution in [0.5, 0.6) is 0 Å². The number of aldehydes is 1. The van der Waals surface area contributed by atoms with Gasteiger partial charge >= 0.3 is 17.9 Å². The maximum absolute atomic E-state index is 12.0. The van der Waals surface area contributed by atoms with Crippen molar-refractivity contribution in [2.24, 2.45) is 0 Å². The number of ether oxygens (including phenoxy) is 6. The van der Waals surface area contributed by atoms with E-state index in [1.807, 2.05) is 0 Å². The van der Waals surface area contributed by atoms with Crippen LogP contribution in [0, 0.1) is 0 Å². The Morgan fingerprint density at radius 2 is 0.952 bits per heavy atom. The highest BCUT2D eigenvalue weighted by molar-refractivity contribution is 5.87. The lowest BCUT2D eigenvalue weighted by molar-refractivity contribution is -0.194. The average Bonchev–Trinajstić information content (AvgIpc) is 2.94. The van der Waals surface area contributed by atoms with Gasteiger partial charge in [0.2, 0.25) is 0 Å². The number of carbonyl (C=O) groups excluding carboxylic acids is 4. The van der Waals surface area contributed by atoms with Crippen LogP contribution in [-0.4, -0.2) is 139 Å². The van der Waals surface area contributed by atoms with Crippen LogP contribution in [-0.2, 0) is 47.6 Å². The SMILES string of the molecule is C=C(C)C(=O)OCC(O)CO[C@@H]([C@H](OCC(O)COC(=O)C(=C)C)[C@H](C=O)OCC(O)COC(=O)C(=C)C)[C@H](O)CO. The fraction of sp³-hybridized carbons (Fsp3) is 0.630. The number of hydrogen-bond donors (Lipinski definition) is 5. The molecular formula is C27H42O15. The summed E-state index contributed by atoms with van der Waals surface area (Å²) < 4.78 is 31.0. The Balaban J connectivity index is 5.70. The van der Waals surface area contributed by atoms with Crippen molar-refractivity contribution in [2.45, 2.75) is 63.5 Å². The molecule has 0 aromatic carbocycles. The first-order chi connectivity index (χ1) is 19.6. The fourth-order valence-electron chi connectivity index (χ4n) is 2.81. The largest absolute Gasteiger partial charge is 0.460 e. The minimum atomic E-state index is -1.73. The number of rotatable bonds is 23. The summed E-state index contributed by atoms with van der Waals surface area (Å²) in [5, 5.41) is 50.6. The summed E-state index contributed by atoms with van der Waals surface area (Å²) in [5.74, 6) is -2.32. The molecule has 0 aromatic rings. The first-order valence-corrected chi connectivity index (χ1v) is 12.8. The quantitative estimate of drug-likeness (QED) is 0.0372. The molecule has 0 aliphatic heterocycles. The summed E-state index contributed by atoms with van der Waals surface area (Å²) in [6, 6.07) is 0. The van der Waals surface area contributed by atoms with E-state index in [9.17, 15) is 44.7 Å². The molecule has 15 heteroatoms. The fourth-order valence-corrected chi connectivity index (χ4v) is 2.81. The Labute approximate surface area is 243 Å². The molecule has 0 amide bonds. The molecule has 0 heterocycles. The highest BCUT2D eigenvalue weighted by atomic mass is 16.6. The van der Waals surface area contributed by atoms with Crippen LogP contribution >= 0.6 is 0 Å². The van der Waals surface area contributed by atoms with Crippen molar-refractivity contribution in [3.63, 3.8) is 0 Å². The predicted molar refractivity (Wildman–Crippen MR) is 144 cm³/mol. The normalized spacial score (nSPS) is 16.1. The molecule has 0 bridgehead atoms. The molecule has 5 N–H and O–H groups in total. The summed E-state index contributed by atoms with van der Waals surface area (Å²) in [6.07, 6.45) is -10.6. The number of aliphatic hydroxyl groups excluding tert-OH is 5. The van der Waals surface area contributed by atoms with Gasteiger partial charge in [-0.3, -0.25) is 0 Å². The summed E-state index contributed by atoms with van der Waals surface area (Å²) in [6.45, 7) is 10.2. The molecule has 0 spiro atoms. The molecular weight excluding hydrogens is 564 g/mol. The van der Waals surface area contributed by atoms with Gasteiger partial charge in [0.15, 0.2) is 6.29 Å². The van der Waals surface area contributed by atoms with Crippen molar-refractivity contribution in [3.05, 3.63) is 36.5 Å². The van der Waals surface area contributed by atoms with E-state index in [1.54, 1.807) is 0 Å². The van der Waals surface area contributed by atoms with E-state index >= 15 is 0 Å². The molecule has 0 aliphatic carbocycles. The van der Waals surface area contributed by atoms with Crippen LogP contribution in [0.3, 0.4) is 0 Å². The predicted octanol–water partition coefficient (Wildman–Crippen LogP) is -1.87. The van der Waals surface area contributed by atoms with Crippen molar-refractivity contribution >= 4 is 24.2 Å². The van der Waals surface area contributed by atoms with Gasteiger partial charge in [0.1, 0.15) is 62.5 Å². The summed E-state index contributed by atoms with van der Waals surface area (Å²) in [4.78, 5) is 46.7. The number of hydrogen-bond acceptors (Lipinski definition) is 15. The minimum absolute atomic E-state index is 0.0786. The molecule has 7 atom stereocenters. The highest BCUT2D eigenvalue weighted by Crippen LogP contribution is 2.17. The zero-order chi connectivity index (χ0) is 32.4. The van der Waals surface area contributed by atoms with Gasteiger partial charge in [0.05, 0.1) is 26.4 Å². The molecule has 0 rings (SSSR count). The topological polar surface area (TPSA) is 225 Å². The van der Waals surface area contributed by atoms with Gasteiger partial charge in [-0.2, -0.15) is 0 Å². The van der Waals surface area contributed by atoms with E-state index in [0.29, 0.717) is 0 Å². The molecule has 0 radical (unpaired) electrons. The van der Waals surface area contributed by atoms with Gasteiger partial charge in [-0.25, -0.2) is 14.4 Å². The van der Waals surface area contributed by atoms with Crippen molar-refractivity contribution in [1.82, 2.24) is 0 Å². The molecule has 0 aromatic heterocycles. The Bertz CT molecular complexity index is 917. The molecule has 0 saturated heterocycles. The second-order valence-electron chi connectivity index (χ2n) is 9.38. The van der Waals surface area contributed by atoms with E-state index in [2.05, 4.69) is 19.7 Å². The molecule has 42 heavy (non-hydrogen) atoms. The Kier molecular flexibility index (Phi) is 19.3. The van der Waals surface area contributed by atoms with Crippen LogP contribution in [0.15, 0.2) is 36.5 Å². The third kappa shape index (κ3) is 15.8. The van der Waals surface area contributed by atoms with Crippen molar-refractivity contribution in [2.75, 3.05) is 46.2 Å². The number of esters is 3. The highest BCUT2D eigenvalue weighted by Gasteiger charge is 2.38. The van der Waals surface area contributed by atoms with Crippen LogP contribution < -0.4 is 0 Å². The third-order valence-electron chi connectivity index (χ3n) is 5.06. The first kappa shape index (κ1) is 39.0. The zero-order valence-electron chi connectivity index (χ0n) is 24.0. The second-order valence-corrected chi connectivity index (χ2v) is 9.38. The van der Waals surface area contributed by atoms with E-state index in [4.69, 9.17) is 28.4 Å². The lowest BCUT2D eigenvalue weighted by Crippen LogP contribution is -2.52. The van der Waals surface area contributed by atoms with E-state index < -0.39 is 107 Å². The van der Waals surface area contributed by atoms with E-state index in [1.165, 1.54) is 20.8 Å². The molecule has 0 aliphatic rings. The van der Waals surface area contributed by atoms with Crippen molar-refractivity contribution in [3.8, 4) is 0 Å². The zero-order valence-corrected chi connectivity index (χ0v) is 24.0. The maximum Gasteiger partial charge on any atom is 0.333 e. The van der Waals surface area contributed by atoms with Gasteiger partial charge in [0, 0.05) is 16.7 Å². The number of carbonyl (C=O) groups is 4. The van der Waals surface area contributed by atoms with Gasteiger partial charge in [-0.05, 0) is 20.8 Å². The van der Waals surface area contributed by atoms with Crippen LogP contribution in [0.4, 0.5) is 0 Å². The van der Waals surface area contributed by atoms with Gasteiger partial charge in [-0.1, -0.05) is 19.7 Å². The van der Waals surface area contributed by atoms with Crippen LogP contribution in [0.2, 0.25) is 0 Å². The average molecular weight is 607 g/mol. The Morgan fingerprint density at radius 3 is 1.26 bits per heavy atom. The maximum atomic E-state index is 12.0. The molecule has 15 nitrogen and oxygen atoms in total. The minimum Gasteiger partial charge on any atom is -0.460 e. The summed E-state index contributed by atoms with van der Waals surface area (Å²) in [5.41, 5.74) is 0.250. The first-order valence-electron chi connectivity index (χ1n) is 12.8. The third-order valence-corrected chi connectivity index (χ3v) is 5.06. The van der Waals surface area contributed by atoms with Gasteiger partial charge < -0.3 is 58.7 Å². The molecule has 0 fully saturated rings. The van der Waals surface area contributed by atoms with E-state index in [-0.39, 0.29) is 23.0 Å². The van der Waals surface area contributed by atoms with Crippen molar-refractivity contribution in [1.29, 1.82) is 0 Å². The standard InChI is InChI=1S/C27H42O15/c1-15(2)25(34)40-12-18(30)9-37-22(8-29)24(39-11-20(32)14-42-27(36)17(5)6)23(21(33)7-28)38-10-19(31)13-41-26(35)16(3)4/h8,18-24,28,30-33H,1,3,5,7,9-14H2,2,4,6H3/t18?,19?,20?,21-,22+,23-,24-/m1/s1. The van der Waals surface area contributed by atoms with Crippen LogP contribution in [0.25, 0.3) is 0 Å².